The first-order chi connectivity index (χ1) is 10.3. The van der Waals surface area contributed by atoms with Gasteiger partial charge in [0.1, 0.15) is 11.3 Å². The van der Waals surface area contributed by atoms with Gasteiger partial charge in [0.2, 0.25) is 0 Å². The second-order valence-corrected chi connectivity index (χ2v) is 5.46. The van der Waals surface area contributed by atoms with Gasteiger partial charge in [-0.25, -0.2) is 0 Å². The molecule has 0 fully saturated rings. The minimum Gasteiger partial charge on any atom is -0.459 e. The summed E-state index contributed by atoms with van der Waals surface area (Å²) in [6, 6.07) is 6.35. The third kappa shape index (κ3) is 2.29. The summed E-state index contributed by atoms with van der Waals surface area (Å²) in [4.78, 5) is 0. The molecule has 1 heterocycles. The monoisotopic (exact) mass is 276 g/mol. The molecule has 1 aliphatic rings. The van der Waals surface area contributed by atoms with E-state index in [0.29, 0.717) is 5.92 Å². The van der Waals surface area contributed by atoms with E-state index in [1.165, 1.54) is 10.9 Å². The van der Waals surface area contributed by atoms with Crippen molar-refractivity contribution in [1.82, 2.24) is 0 Å². The van der Waals surface area contributed by atoms with E-state index in [2.05, 4.69) is 49.9 Å². The van der Waals surface area contributed by atoms with Crippen molar-refractivity contribution in [2.75, 3.05) is 0 Å². The molecular weight excluding hydrogens is 256 g/mol. The van der Waals surface area contributed by atoms with E-state index in [9.17, 15) is 0 Å². The highest BCUT2D eigenvalue weighted by molar-refractivity contribution is 5.98. The van der Waals surface area contributed by atoms with E-state index >= 15 is 0 Å². The molecule has 1 heteroatoms. The van der Waals surface area contributed by atoms with Crippen molar-refractivity contribution in [2.45, 2.75) is 26.2 Å². The van der Waals surface area contributed by atoms with Crippen molar-refractivity contribution < 1.29 is 4.42 Å². The van der Waals surface area contributed by atoms with Gasteiger partial charge >= 0.3 is 0 Å². The lowest BCUT2D eigenvalue weighted by Crippen LogP contribution is -1.95. The third-order valence-electron chi connectivity index (χ3n) is 3.96. The Labute approximate surface area is 126 Å². The minimum absolute atomic E-state index is 0.443. The fraction of sp³-hybridized carbons (Fsp3) is 0.200. The highest BCUT2D eigenvalue weighted by atomic mass is 16.3. The van der Waals surface area contributed by atoms with Gasteiger partial charge in [-0.3, -0.25) is 0 Å². The van der Waals surface area contributed by atoms with Gasteiger partial charge in [0, 0.05) is 22.4 Å². The van der Waals surface area contributed by atoms with E-state index in [1.54, 1.807) is 0 Å². The molecule has 0 aliphatic heterocycles. The molecular formula is C20H20O. The van der Waals surface area contributed by atoms with Crippen LogP contribution in [0.2, 0.25) is 0 Å². The second kappa shape index (κ2) is 5.61. The van der Waals surface area contributed by atoms with Crippen LogP contribution in [0.3, 0.4) is 0 Å². The van der Waals surface area contributed by atoms with Crippen LogP contribution in [0, 0.1) is 0 Å². The van der Waals surface area contributed by atoms with Crippen LogP contribution < -0.4 is 0 Å². The number of hydrogen-bond donors (Lipinski definition) is 0. The van der Waals surface area contributed by atoms with Gasteiger partial charge in [-0.05, 0) is 18.9 Å². The SMILES string of the molecule is C=C/C=C(\C=C/C)c1cccc2c3c(oc12)C(C)CC=C3. The summed E-state index contributed by atoms with van der Waals surface area (Å²) >= 11 is 0. The van der Waals surface area contributed by atoms with Crippen LogP contribution in [-0.4, -0.2) is 0 Å². The molecule has 0 N–H and O–H groups in total. The Morgan fingerprint density at radius 1 is 1.38 bits per heavy atom. The van der Waals surface area contributed by atoms with E-state index in [4.69, 9.17) is 4.42 Å². The molecule has 2 aromatic rings. The Balaban J connectivity index is 2.28. The number of benzene rings is 1. The van der Waals surface area contributed by atoms with E-state index in [0.717, 1.165) is 28.9 Å². The molecule has 0 spiro atoms. The number of allylic oxidation sites excluding steroid dienone is 6. The van der Waals surface area contributed by atoms with Gasteiger partial charge in [0.25, 0.3) is 0 Å². The zero-order valence-corrected chi connectivity index (χ0v) is 12.6. The lowest BCUT2D eigenvalue weighted by Gasteiger charge is -2.10. The summed E-state index contributed by atoms with van der Waals surface area (Å²) in [6.45, 7) is 8.06. The van der Waals surface area contributed by atoms with Crippen molar-refractivity contribution in [3.05, 3.63) is 72.0 Å². The highest BCUT2D eigenvalue weighted by Gasteiger charge is 2.21. The first-order valence-corrected chi connectivity index (χ1v) is 7.44. The number of furan rings is 1. The van der Waals surface area contributed by atoms with Crippen molar-refractivity contribution in [3.8, 4) is 0 Å². The molecule has 0 radical (unpaired) electrons. The molecule has 1 unspecified atom stereocenters. The summed E-state index contributed by atoms with van der Waals surface area (Å²) in [5.41, 5.74) is 4.47. The molecule has 1 aromatic heterocycles. The van der Waals surface area contributed by atoms with Gasteiger partial charge in [0.15, 0.2) is 0 Å². The van der Waals surface area contributed by atoms with Gasteiger partial charge in [0.05, 0.1) is 0 Å². The molecule has 3 rings (SSSR count). The maximum Gasteiger partial charge on any atom is 0.142 e. The number of hydrogen-bond acceptors (Lipinski definition) is 1. The summed E-state index contributed by atoms with van der Waals surface area (Å²) in [6.07, 6.45) is 13.5. The van der Waals surface area contributed by atoms with Crippen LogP contribution in [0.5, 0.6) is 0 Å². The molecule has 0 bridgehead atoms. The normalized spacial score (nSPS) is 18.4. The van der Waals surface area contributed by atoms with E-state index in [-0.39, 0.29) is 0 Å². The van der Waals surface area contributed by atoms with Crippen molar-refractivity contribution in [3.63, 3.8) is 0 Å². The highest BCUT2D eigenvalue weighted by Crippen LogP contribution is 2.39. The fourth-order valence-corrected chi connectivity index (χ4v) is 2.96. The Morgan fingerprint density at radius 3 is 3.00 bits per heavy atom. The molecule has 21 heavy (non-hydrogen) atoms. The van der Waals surface area contributed by atoms with Crippen LogP contribution in [0.15, 0.2) is 59.6 Å². The average Bonchev–Trinajstić information content (AvgIpc) is 2.87. The van der Waals surface area contributed by atoms with Crippen molar-refractivity contribution >= 4 is 22.6 Å². The molecule has 106 valence electrons. The summed E-state index contributed by atoms with van der Waals surface area (Å²) in [5, 5.41) is 1.20. The van der Waals surface area contributed by atoms with Crippen LogP contribution in [0.4, 0.5) is 0 Å². The van der Waals surface area contributed by atoms with Crippen molar-refractivity contribution in [1.29, 1.82) is 0 Å². The van der Waals surface area contributed by atoms with Gasteiger partial charge in [-0.15, -0.1) is 0 Å². The molecule has 1 nitrogen and oxygen atoms in total. The van der Waals surface area contributed by atoms with Gasteiger partial charge in [-0.1, -0.05) is 68.2 Å². The Kier molecular flexibility index (Phi) is 3.66. The van der Waals surface area contributed by atoms with Gasteiger partial charge in [-0.2, -0.15) is 0 Å². The standard InChI is InChI=1S/C20H20O/c1-4-8-15(9-5-2)16-11-7-13-18-17-12-6-10-14(3)19(17)21-20(16)18/h4-9,11-14H,1,10H2,2-3H3/b9-5-,15-8+. The van der Waals surface area contributed by atoms with Crippen LogP contribution >= 0.6 is 0 Å². The molecule has 1 atom stereocenters. The minimum atomic E-state index is 0.443. The predicted molar refractivity (Wildman–Crippen MR) is 91.3 cm³/mol. The molecule has 0 saturated carbocycles. The lowest BCUT2D eigenvalue weighted by molar-refractivity contribution is 0.503. The van der Waals surface area contributed by atoms with Crippen LogP contribution in [0.25, 0.3) is 22.6 Å². The summed E-state index contributed by atoms with van der Waals surface area (Å²) in [5.74, 6) is 1.55. The zero-order valence-electron chi connectivity index (χ0n) is 12.6. The topological polar surface area (TPSA) is 13.1 Å². The Bertz CT molecular complexity index is 768. The Hall–Kier alpha value is -2.28. The third-order valence-corrected chi connectivity index (χ3v) is 3.96. The first-order valence-electron chi connectivity index (χ1n) is 7.44. The van der Waals surface area contributed by atoms with E-state index in [1.807, 2.05) is 25.2 Å². The first kappa shape index (κ1) is 13.7. The van der Waals surface area contributed by atoms with Crippen molar-refractivity contribution in [2.24, 2.45) is 0 Å². The molecule has 1 aliphatic carbocycles. The fourth-order valence-electron chi connectivity index (χ4n) is 2.96. The Morgan fingerprint density at radius 2 is 2.24 bits per heavy atom. The molecule has 0 saturated heterocycles. The lowest BCUT2D eigenvalue weighted by atomic mass is 9.93. The largest absolute Gasteiger partial charge is 0.459 e. The number of fused-ring (bicyclic) bond motifs is 3. The van der Waals surface area contributed by atoms with Gasteiger partial charge < -0.3 is 4.42 Å². The molecule has 1 aromatic carbocycles. The second-order valence-electron chi connectivity index (χ2n) is 5.46. The number of para-hydroxylation sites is 1. The van der Waals surface area contributed by atoms with Crippen LogP contribution in [0.1, 0.15) is 43.1 Å². The maximum atomic E-state index is 6.25. The van der Waals surface area contributed by atoms with Crippen LogP contribution in [-0.2, 0) is 0 Å². The molecule has 0 amide bonds. The number of rotatable bonds is 3. The van der Waals surface area contributed by atoms with E-state index < -0.39 is 0 Å². The average molecular weight is 276 g/mol. The zero-order chi connectivity index (χ0) is 14.8. The summed E-state index contributed by atoms with van der Waals surface area (Å²) < 4.78 is 6.25. The maximum absolute atomic E-state index is 6.25. The summed E-state index contributed by atoms with van der Waals surface area (Å²) in [7, 11) is 0. The smallest absolute Gasteiger partial charge is 0.142 e. The predicted octanol–water partition coefficient (Wildman–Crippen LogP) is 6.10. The quantitative estimate of drug-likeness (QED) is 0.617.